The van der Waals surface area contributed by atoms with Gasteiger partial charge in [-0.3, -0.25) is 15.1 Å². The van der Waals surface area contributed by atoms with Gasteiger partial charge in [-0.25, -0.2) is 0 Å². The average molecular weight is 338 g/mol. The molecule has 0 bridgehead atoms. The van der Waals surface area contributed by atoms with Crippen LogP contribution in [0.1, 0.15) is 19.3 Å². The monoisotopic (exact) mass is 338 g/mol. The minimum atomic E-state index is -5.69. The average Bonchev–Trinajstić information content (AvgIpc) is 2.01. The third-order valence-electron chi connectivity index (χ3n) is 1.29. The number of unbranched alkanes of at least 4 members (excludes halogenated alkanes) is 1. The highest BCUT2D eigenvalue weighted by Crippen LogP contribution is 1.96. The van der Waals surface area contributed by atoms with Crippen LogP contribution in [0.15, 0.2) is 0 Å². The van der Waals surface area contributed by atoms with Crippen LogP contribution in [-0.2, 0) is 4.79 Å². The summed E-state index contributed by atoms with van der Waals surface area (Å²) >= 11 is -5.69. The normalized spacial score (nSPS) is 12.7. The molecule has 9 heteroatoms. The van der Waals surface area contributed by atoms with Gasteiger partial charge in [0, 0.05) is 3.44 Å². The molecular weight excluding hydrogens is 323 g/mol. The van der Waals surface area contributed by atoms with E-state index in [4.69, 9.17) is 30.3 Å². The summed E-state index contributed by atoms with van der Waals surface area (Å²) in [4.78, 5) is 10.1. The number of rotatable bonds is 5. The molecule has 0 aliphatic heterocycles. The summed E-state index contributed by atoms with van der Waals surface area (Å²) in [6.45, 7) is 0.604. The molecule has 0 aromatic heterocycles. The fraction of sp³-hybridized carbons (Fsp3) is 0.833. The van der Waals surface area contributed by atoms with E-state index in [1.54, 1.807) is 0 Å². The van der Waals surface area contributed by atoms with Crippen molar-refractivity contribution in [2.75, 3.05) is 6.54 Å². The number of halogens is 1. The molecule has 8 nitrogen and oxygen atoms in total. The van der Waals surface area contributed by atoms with Gasteiger partial charge in [0.25, 0.3) is 0 Å². The van der Waals surface area contributed by atoms with E-state index < -0.39 is 32.1 Å². The van der Waals surface area contributed by atoms with Crippen molar-refractivity contribution in [2.24, 2.45) is 11.5 Å². The summed E-state index contributed by atoms with van der Waals surface area (Å²) in [5, 5.41) is 8.33. The standard InChI is InChI=1S/C6H14N2O2.HIO4/c7-4-2-1-3-5(8)6(9)10;2-1(3,4)5/h5H,1-4,7-8H2,(H,9,10);2H. The van der Waals surface area contributed by atoms with E-state index in [0.717, 1.165) is 12.8 Å². The van der Waals surface area contributed by atoms with Crippen LogP contribution in [0.4, 0.5) is 0 Å². The van der Waals surface area contributed by atoms with Crippen molar-refractivity contribution < 1.29 is 43.7 Å². The van der Waals surface area contributed by atoms with E-state index in [1.165, 1.54) is 0 Å². The Morgan fingerprint density at radius 1 is 1.33 bits per heavy atom. The minimum Gasteiger partial charge on any atom is -0.480 e. The number of hydrogen-bond acceptors (Lipinski definition) is 7. The maximum atomic E-state index is 10.1. The molecule has 0 heterocycles. The SMILES string of the molecule is NCCCCC(N)C(=O)O.[O-][I+3]([O-])([O-])O. The zero-order chi connectivity index (χ0) is 12.5. The zero-order valence-corrected chi connectivity index (χ0v) is 10.1. The number of hydrogen-bond donors (Lipinski definition) is 4. The van der Waals surface area contributed by atoms with Gasteiger partial charge in [-0.2, -0.15) is 0 Å². The van der Waals surface area contributed by atoms with Gasteiger partial charge in [-0.1, -0.05) is 6.42 Å². The lowest BCUT2D eigenvalue weighted by molar-refractivity contribution is -1.92. The topological polar surface area (TPSA) is 179 Å². The maximum Gasteiger partial charge on any atom is 0.368 e. The predicted molar refractivity (Wildman–Crippen MR) is 40.7 cm³/mol. The van der Waals surface area contributed by atoms with E-state index in [9.17, 15) is 4.79 Å². The van der Waals surface area contributed by atoms with Crippen LogP contribution in [0.5, 0.6) is 0 Å². The fourth-order valence-corrected chi connectivity index (χ4v) is 0.632. The first-order valence-electron chi connectivity index (χ1n) is 4.00. The second kappa shape index (κ2) is 9.21. The first kappa shape index (κ1) is 17.4. The van der Waals surface area contributed by atoms with E-state index >= 15 is 0 Å². The van der Waals surface area contributed by atoms with E-state index in [2.05, 4.69) is 0 Å². The number of carboxylic acids is 1. The van der Waals surface area contributed by atoms with Gasteiger partial charge in [-0.15, -0.1) is 0 Å². The van der Waals surface area contributed by atoms with Crippen molar-refractivity contribution >= 4 is 5.97 Å². The predicted octanol–water partition coefficient (Wildman–Crippen LogP) is -7.59. The van der Waals surface area contributed by atoms with Gasteiger partial charge in [0.2, 0.25) is 0 Å². The summed E-state index contributed by atoms with van der Waals surface area (Å²) in [6, 6.07) is -0.716. The zero-order valence-electron chi connectivity index (χ0n) is 7.97. The number of aliphatic carboxylic acids is 1. The Kier molecular flexibility index (Phi) is 10.7. The molecule has 1 unspecified atom stereocenters. The molecule has 0 radical (unpaired) electrons. The van der Waals surface area contributed by atoms with Gasteiger partial charge in [0.05, 0.1) is 0 Å². The molecule has 0 fully saturated rings. The Bertz CT molecular complexity index is 167. The van der Waals surface area contributed by atoms with Crippen molar-refractivity contribution in [3.05, 3.63) is 0 Å². The molecule has 15 heavy (non-hydrogen) atoms. The van der Waals surface area contributed by atoms with Gasteiger partial charge in [0.1, 0.15) is 6.04 Å². The molecule has 0 rings (SSSR count). The van der Waals surface area contributed by atoms with Crippen LogP contribution in [0.2, 0.25) is 0 Å². The Balaban J connectivity index is 0. The molecular formula is C6H15IN2O6. The van der Waals surface area contributed by atoms with Crippen LogP contribution >= 0.6 is 0 Å². The number of carbonyl (C=O) groups is 1. The lowest BCUT2D eigenvalue weighted by Gasteiger charge is -2.03. The van der Waals surface area contributed by atoms with E-state index in [-0.39, 0.29) is 0 Å². The van der Waals surface area contributed by atoms with Crippen LogP contribution in [0, 0.1) is 0 Å². The van der Waals surface area contributed by atoms with Crippen molar-refractivity contribution in [1.82, 2.24) is 0 Å². The summed E-state index contributed by atoms with van der Waals surface area (Å²) in [5.41, 5.74) is 10.4. The van der Waals surface area contributed by atoms with E-state index in [0.29, 0.717) is 13.0 Å². The van der Waals surface area contributed by atoms with Crippen LogP contribution < -0.4 is 41.9 Å². The van der Waals surface area contributed by atoms with Gasteiger partial charge < -0.3 is 16.6 Å². The maximum absolute atomic E-state index is 10.1. The highest BCUT2D eigenvalue weighted by atomic mass is 127. The van der Waals surface area contributed by atoms with Crippen LogP contribution in [-0.4, -0.2) is 27.1 Å². The smallest absolute Gasteiger partial charge is 0.368 e. The summed E-state index contributed by atoms with van der Waals surface area (Å²) in [7, 11) is 0. The molecule has 6 N–H and O–H groups in total. The Labute approximate surface area is 93.2 Å². The molecule has 0 spiro atoms. The summed E-state index contributed by atoms with van der Waals surface area (Å²) < 4.78 is 33.2. The second-order valence-corrected chi connectivity index (χ2v) is 4.89. The molecule has 0 aliphatic carbocycles. The number of nitrogens with two attached hydrogens (primary N) is 2. The first-order valence-corrected chi connectivity index (χ1v) is 7.61. The quantitative estimate of drug-likeness (QED) is 0.282. The van der Waals surface area contributed by atoms with Gasteiger partial charge in [0.15, 0.2) is 0 Å². The lowest BCUT2D eigenvalue weighted by Crippen LogP contribution is -4.23. The molecule has 0 aromatic carbocycles. The van der Waals surface area contributed by atoms with Crippen molar-refractivity contribution in [3.63, 3.8) is 0 Å². The van der Waals surface area contributed by atoms with Crippen molar-refractivity contribution in [2.45, 2.75) is 25.3 Å². The van der Waals surface area contributed by atoms with Gasteiger partial charge >= 0.3 is 26.1 Å². The fourth-order valence-electron chi connectivity index (χ4n) is 0.632. The third-order valence-corrected chi connectivity index (χ3v) is 1.29. The molecule has 0 aliphatic rings. The minimum absolute atomic E-state index is 0.520. The third kappa shape index (κ3) is 24.9. The summed E-state index contributed by atoms with van der Waals surface area (Å²) in [5.74, 6) is -0.933. The molecule has 0 aromatic rings. The van der Waals surface area contributed by atoms with E-state index in [1.807, 2.05) is 0 Å². The molecule has 0 saturated carbocycles. The molecule has 0 amide bonds. The Hall–Kier alpha value is -0.0400. The number of carboxylic acid groups (broad SMARTS) is 1. The van der Waals surface area contributed by atoms with Gasteiger partial charge in [-0.05, 0) is 19.4 Å². The second-order valence-electron chi connectivity index (χ2n) is 2.63. The largest absolute Gasteiger partial charge is 0.480 e. The van der Waals surface area contributed by atoms with Crippen LogP contribution in [0.3, 0.4) is 0 Å². The van der Waals surface area contributed by atoms with Crippen molar-refractivity contribution in [3.8, 4) is 0 Å². The first-order chi connectivity index (χ1) is 6.68. The highest BCUT2D eigenvalue weighted by molar-refractivity contribution is 5.72. The van der Waals surface area contributed by atoms with Crippen molar-refractivity contribution in [1.29, 1.82) is 0 Å². The lowest BCUT2D eigenvalue weighted by atomic mass is 10.1. The Morgan fingerprint density at radius 2 is 1.73 bits per heavy atom. The Morgan fingerprint density at radius 3 is 2.00 bits per heavy atom. The molecule has 0 saturated heterocycles. The molecule has 92 valence electrons. The molecule has 1 atom stereocenters. The van der Waals surface area contributed by atoms with Crippen LogP contribution in [0.25, 0.3) is 0 Å². The highest BCUT2D eigenvalue weighted by Gasteiger charge is 2.12. The summed E-state index contributed by atoms with van der Waals surface area (Å²) in [6.07, 6.45) is 2.16.